The summed E-state index contributed by atoms with van der Waals surface area (Å²) in [6.45, 7) is 3.11. The molecule has 1 saturated heterocycles. The normalized spacial score (nSPS) is 14.8. The van der Waals surface area contributed by atoms with Crippen molar-refractivity contribution in [3.63, 3.8) is 0 Å². The maximum Gasteiger partial charge on any atom is 0.243 e. The summed E-state index contributed by atoms with van der Waals surface area (Å²) >= 11 is 0. The third kappa shape index (κ3) is 5.13. The summed E-state index contributed by atoms with van der Waals surface area (Å²) in [5.74, 6) is 0.822. The van der Waals surface area contributed by atoms with Crippen molar-refractivity contribution in [3.05, 3.63) is 48.5 Å². The predicted octanol–water partition coefficient (Wildman–Crippen LogP) is 0.952. The van der Waals surface area contributed by atoms with Crippen molar-refractivity contribution in [1.82, 2.24) is 20.2 Å². The van der Waals surface area contributed by atoms with Gasteiger partial charge in [-0.25, -0.2) is 14.4 Å². The van der Waals surface area contributed by atoms with Gasteiger partial charge < -0.3 is 20.4 Å². The lowest BCUT2D eigenvalue weighted by molar-refractivity contribution is -0.115. The van der Waals surface area contributed by atoms with E-state index >= 15 is 0 Å². The molecule has 2 aromatic rings. The van der Waals surface area contributed by atoms with Gasteiger partial charge in [0.05, 0.1) is 6.54 Å². The van der Waals surface area contributed by atoms with Gasteiger partial charge >= 0.3 is 0 Å². The fourth-order valence-corrected chi connectivity index (χ4v) is 2.80. The molecule has 0 unspecified atom stereocenters. The van der Waals surface area contributed by atoms with E-state index < -0.39 is 0 Å². The molecule has 1 aromatic heterocycles. The maximum absolute atomic E-state index is 12.9. The standard InChI is InChI=1S/C18H22FN7O/c1-20-17(23-13-16(27)24-15-5-3-14(19)4-6-15)25-9-11-26(12-10-25)18-21-7-2-8-22-18/h2-8H,9-13H2,1H3,(H,20,23)(H,24,27). The van der Waals surface area contributed by atoms with Crippen LogP contribution in [-0.4, -0.2) is 66.5 Å². The van der Waals surface area contributed by atoms with Gasteiger partial charge in [-0.05, 0) is 30.3 Å². The second kappa shape index (κ2) is 8.93. The van der Waals surface area contributed by atoms with Crippen LogP contribution in [0.15, 0.2) is 47.7 Å². The average Bonchev–Trinajstić information content (AvgIpc) is 2.71. The Balaban J connectivity index is 1.47. The third-order valence-electron chi connectivity index (χ3n) is 4.16. The van der Waals surface area contributed by atoms with Crippen LogP contribution in [0.25, 0.3) is 0 Å². The molecule has 27 heavy (non-hydrogen) atoms. The van der Waals surface area contributed by atoms with Crippen molar-refractivity contribution in [1.29, 1.82) is 0 Å². The number of benzene rings is 1. The van der Waals surface area contributed by atoms with Gasteiger partial charge in [-0.15, -0.1) is 0 Å². The SMILES string of the molecule is CN=C(NCC(=O)Nc1ccc(F)cc1)N1CCN(c2ncccn2)CC1. The molecule has 0 saturated carbocycles. The Morgan fingerprint density at radius 2 is 1.81 bits per heavy atom. The van der Waals surface area contributed by atoms with Crippen molar-refractivity contribution in [2.24, 2.45) is 4.99 Å². The number of piperazine rings is 1. The summed E-state index contributed by atoms with van der Waals surface area (Å²) in [6, 6.07) is 7.44. The van der Waals surface area contributed by atoms with E-state index in [1.54, 1.807) is 25.5 Å². The average molecular weight is 371 g/mol. The second-order valence-corrected chi connectivity index (χ2v) is 5.98. The summed E-state index contributed by atoms with van der Waals surface area (Å²) in [6.07, 6.45) is 3.46. The van der Waals surface area contributed by atoms with E-state index in [2.05, 4.69) is 35.4 Å². The molecule has 0 atom stereocenters. The molecule has 1 aliphatic heterocycles. The lowest BCUT2D eigenvalue weighted by Crippen LogP contribution is -2.53. The van der Waals surface area contributed by atoms with Gasteiger partial charge in [0.25, 0.3) is 0 Å². The van der Waals surface area contributed by atoms with E-state index in [9.17, 15) is 9.18 Å². The molecule has 8 nitrogen and oxygen atoms in total. The van der Waals surface area contributed by atoms with Crippen LogP contribution in [0.5, 0.6) is 0 Å². The molecule has 9 heteroatoms. The number of hydrogen-bond donors (Lipinski definition) is 2. The smallest absolute Gasteiger partial charge is 0.243 e. The van der Waals surface area contributed by atoms with Gasteiger partial charge in [-0.2, -0.15) is 0 Å². The van der Waals surface area contributed by atoms with Crippen LogP contribution in [0.4, 0.5) is 16.0 Å². The van der Waals surface area contributed by atoms with E-state index in [1.807, 2.05) is 0 Å². The summed E-state index contributed by atoms with van der Waals surface area (Å²) in [7, 11) is 1.69. The van der Waals surface area contributed by atoms with Gasteiger partial charge in [-0.3, -0.25) is 9.79 Å². The minimum atomic E-state index is -0.341. The minimum absolute atomic E-state index is 0.0755. The van der Waals surface area contributed by atoms with Crippen molar-refractivity contribution >= 4 is 23.5 Å². The van der Waals surface area contributed by atoms with Crippen molar-refractivity contribution in [3.8, 4) is 0 Å². The number of aromatic nitrogens is 2. The number of amides is 1. The molecular weight excluding hydrogens is 349 g/mol. The number of hydrogen-bond acceptors (Lipinski definition) is 5. The maximum atomic E-state index is 12.9. The second-order valence-electron chi connectivity index (χ2n) is 5.98. The fraction of sp³-hybridized carbons (Fsp3) is 0.333. The first-order valence-corrected chi connectivity index (χ1v) is 8.68. The Bertz CT molecular complexity index is 774. The number of carbonyl (C=O) groups is 1. The Hall–Kier alpha value is -3.23. The Morgan fingerprint density at radius 3 is 2.44 bits per heavy atom. The molecule has 2 N–H and O–H groups in total. The van der Waals surface area contributed by atoms with Gasteiger partial charge in [0.2, 0.25) is 11.9 Å². The molecule has 1 aliphatic rings. The van der Waals surface area contributed by atoms with Crippen LogP contribution in [0, 0.1) is 5.82 Å². The number of carbonyl (C=O) groups excluding carboxylic acids is 1. The third-order valence-corrected chi connectivity index (χ3v) is 4.16. The number of nitrogens with one attached hydrogen (secondary N) is 2. The first kappa shape index (κ1) is 18.6. The van der Waals surface area contributed by atoms with Gasteiger partial charge in [0, 0.05) is 51.3 Å². The largest absolute Gasteiger partial charge is 0.347 e. The van der Waals surface area contributed by atoms with E-state index in [4.69, 9.17) is 0 Å². The molecule has 0 aliphatic carbocycles. The lowest BCUT2D eigenvalue weighted by atomic mass is 10.3. The Labute approximate surface area is 157 Å². The van der Waals surface area contributed by atoms with E-state index in [-0.39, 0.29) is 18.3 Å². The zero-order valence-corrected chi connectivity index (χ0v) is 15.1. The number of anilines is 2. The minimum Gasteiger partial charge on any atom is -0.347 e. The number of halogens is 1. The molecule has 0 bridgehead atoms. The van der Waals surface area contributed by atoms with Crippen LogP contribution in [0.1, 0.15) is 0 Å². The Morgan fingerprint density at radius 1 is 1.15 bits per heavy atom. The Kier molecular flexibility index (Phi) is 6.14. The zero-order valence-electron chi connectivity index (χ0n) is 15.1. The molecule has 2 heterocycles. The van der Waals surface area contributed by atoms with Gasteiger partial charge in [-0.1, -0.05) is 0 Å². The number of aliphatic imine (C=N–C) groups is 1. The van der Waals surface area contributed by atoms with Gasteiger partial charge in [0.1, 0.15) is 5.82 Å². The predicted molar refractivity (Wildman–Crippen MR) is 102 cm³/mol. The summed E-state index contributed by atoms with van der Waals surface area (Å²) in [4.78, 5) is 29.1. The summed E-state index contributed by atoms with van der Waals surface area (Å²) < 4.78 is 12.9. The molecule has 142 valence electrons. The van der Waals surface area contributed by atoms with Crippen LogP contribution in [0.2, 0.25) is 0 Å². The van der Waals surface area contributed by atoms with Crippen molar-refractivity contribution in [2.75, 3.05) is 50.0 Å². The first-order valence-electron chi connectivity index (χ1n) is 8.68. The lowest BCUT2D eigenvalue weighted by Gasteiger charge is -2.36. The summed E-state index contributed by atoms with van der Waals surface area (Å²) in [5.41, 5.74) is 0.551. The number of rotatable bonds is 4. The van der Waals surface area contributed by atoms with Crippen LogP contribution >= 0.6 is 0 Å². The highest BCUT2D eigenvalue weighted by Gasteiger charge is 2.21. The topological polar surface area (TPSA) is 85.8 Å². The quantitative estimate of drug-likeness (QED) is 0.615. The highest BCUT2D eigenvalue weighted by molar-refractivity contribution is 5.95. The van der Waals surface area contributed by atoms with E-state index in [0.717, 1.165) is 32.1 Å². The van der Waals surface area contributed by atoms with Crippen molar-refractivity contribution < 1.29 is 9.18 Å². The molecule has 1 aromatic carbocycles. The first-order chi connectivity index (χ1) is 13.2. The fourth-order valence-electron chi connectivity index (χ4n) is 2.80. The number of guanidine groups is 1. The van der Waals surface area contributed by atoms with Crippen molar-refractivity contribution in [2.45, 2.75) is 0 Å². The molecule has 1 fully saturated rings. The molecule has 0 radical (unpaired) electrons. The molecular formula is C18H22FN7O. The zero-order chi connectivity index (χ0) is 19.1. The molecule has 0 spiro atoms. The summed E-state index contributed by atoms with van der Waals surface area (Å²) in [5, 5.41) is 5.78. The number of nitrogens with zero attached hydrogens (tertiary/aromatic N) is 5. The van der Waals surface area contributed by atoms with E-state index in [0.29, 0.717) is 11.6 Å². The van der Waals surface area contributed by atoms with Crippen LogP contribution in [0.3, 0.4) is 0 Å². The van der Waals surface area contributed by atoms with E-state index in [1.165, 1.54) is 24.3 Å². The molecule has 1 amide bonds. The van der Waals surface area contributed by atoms with Crippen LogP contribution < -0.4 is 15.5 Å². The highest BCUT2D eigenvalue weighted by Crippen LogP contribution is 2.10. The molecule has 3 rings (SSSR count). The monoisotopic (exact) mass is 371 g/mol. The highest BCUT2D eigenvalue weighted by atomic mass is 19.1. The van der Waals surface area contributed by atoms with Gasteiger partial charge in [0.15, 0.2) is 5.96 Å². The van der Waals surface area contributed by atoms with Crippen LogP contribution in [-0.2, 0) is 4.79 Å².